The van der Waals surface area contributed by atoms with Gasteiger partial charge in [0.15, 0.2) is 11.5 Å². The van der Waals surface area contributed by atoms with Crippen molar-refractivity contribution in [3.05, 3.63) is 52.6 Å². The van der Waals surface area contributed by atoms with Crippen LogP contribution in [-0.2, 0) is 28.4 Å². The normalized spacial score (nSPS) is 18.9. The number of cyclic esters (lactones) is 1. The lowest BCUT2D eigenvalue weighted by Gasteiger charge is -2.40. The summed E-state index contributed by atoms with van der Waals surface area (Å²) in [6.45, 7) is -0.695. The molecule has 0 aliphatic carbocycles. The van der Waals surface area contributed by atoms with Gasteiger partial charge in [-0.1, -0.05) is 0 Å². The third-order valence-electron chi connectivity index (χ3n) is 6.39. The molecule has 2 aliphatic rings. The molecule has 0 aromatic heterocycles. The van der Waals surface area contributed by atoms with E-state index in [0.29, 0.717) is 23.4 Å². The Morgan fingerprint density at radius 3 is 2.08 bits per heavy atom. The molecule has 8 nitrogen and oxygen atoms in total. The van der Waals surface area contributed by atoms with Crippen LogP contribution >= 0.6 is 0 Å². The van der Waals surface area contributed by atoms with Crippen LogP contribution in [0.25, 0.3) is 0 Å². The number of ether oxygens (including phenoxy) is 4. The van der Waals surface area contributed by atoms with E-state index in [1.54, 1.807) is 0 Å². The van der Waals surface area contributed by atoms with Gasteiger partial charge in [0.2, 0.25) is 0 Å². The summed E-state index contributed by atoms with van der Waals surface area (Å²) in [6, 6.07) is 2.59. The predicted molar refractivity (Wildman–Crippen MR) is 119 cm³/mol. The minimum atomic E-state index is -5.06. The molecule has 14 heteroatoms. The standard InChI is InChI=1S/C24H22F6N2O6/c1-35-19-8-16-17(7-15-11-38-22(34)32(15)18(16)9-20(19)36-2)31(21(33)37-3)10-12-4-13(23(25,26)27)6-14(5-12)24(28,29)30/h4-6,8-9,15,17H,7,10-11H2,1-3H3. The molecule has 1 fully saturated rings. The molecular formula is C24H22F6N2O6. The zero-order valence-corrected chi connectivity index (χ0v) is 20.3. The van der Waals surface area contributed by atoms with E-state index in [-0.39, 0.29) is 30.6 Å². The van der Waals surface area contributed by atoms with Crippen molar-refractivity contribution in [2.24, 2.45) is 0 Å². The number of nitrogens with zero attached hydrogens (tertiary/aromatic N) is 2. The number of anilines is 1. The first-order valence-electron chi connectivity index (χ1n) is 11.1. The molecule has 2 atom stereocenters. The molecule has 1 saturated heterocycles. The van der Waals surface area contributed by atoms with Crippen molar-refractivity contribution in [1.29, 1.82) is 0 Å². The van der Waals surface area contributed by atoms with E-state index in [9.17, 15) is 35.9 Å². The largest absolute Gasteiger partial charge is 0.493 e. The van der Waals surface area contributed by atoms with Crippen LogP contribution in [0.3, 0.4) is 0 Å². The first kappa shape index (κ1) is 27.2. The number of carbonyl (C=O) groups excluding carboxylic acids is 2. The van der Waals surface area contributed by atoms with Crippen LogP contribution < -0.4 is 14.4 Å². The van der Waals surface area contributed by atoms with E-state index in [1.807, 2.05) is 0 Å². The summed E-state index contributed by atoms with van der Waals surface area (Å²) in [7, 11) is 3.76. The smallest absolute Gasteiger partial charge is 0.416 e. The molecule has 38 heavy (non-hydrogen) atoms. The first-order valence-corrected chi connectivity index (χ1v) is 11.1. The van der Waals surface area contributed by atoms with E-state index in [2.05, 4.69) is 0 Å². The average Bonchev–Trinajstić information content (AvgIpc) is 3.24. The number of carbonyl (C=O) groups is 2. The third-order valence-corrected chi connectivity index (χ3v) is 6.39. The lowest BCUT2D eigenvalue weighted by molar-refractivity contribution is -0.143. The number of fused-ring (bicyclic) bond motifs is 3. The van der Waals surface area contributed by atoms with Gasteiger partial charge in [0.25, 0.3) is 0 Å². The highest BCUT2D eigenvalue weighted by Gasteiger charge is 2.46. The maximum Gasteiger partial charge on any atom is 0.416 e. The van der Waals surface area contributed by atoms with Crippen molar-refractivity contribution in [3.63, 3.8) is 0 Å². The molecule has 2 unspecified atom stereocenters. The molecular weight excluding hydrogens is 526 g/mol. The first-order chi connectivity index (χ1) is 17.8. The van der Waals surface area contributed by atoms with Crippen molar-refractivity contribution in [1.82, 2.24) is 4.90 Å². The van der Waals surface area contributed by atoms with Gasteiger partial charge in [-0.2, -0.15) is 26.3 Å². The predicted octanol–water partition coefficient (Wildman–Crippen LogP) is 5.78. The molecule has 0 bridgehead atoms. The number of hydrogen-bond acceptors (Lipinski definition) is 6. The maximum atomic E-state index is 13.4. The van der Waals surface area contributed by atoms with Crippen LogP contribution in [-0.4, -0.2) is 51.1 Å². The highest BCUT2D eigenvalue weighted by molar-refractivity contribution is 5.93. The van der Waals surface area contributed by atoms with Crippen LogP contribution in [0.5, 0.6) is 11.5 Å². The summed E-state index contributed by atoms with van der Waals surface area (Å²) in [4.78, 5) is 27.7. The molecule has 2 aromatic carbocycles. The summed E-state index contributed by atoms with van der Waals surface area (Å²) in [5.74, 6) is 0.480. The summed E-state index contributed by atoms with van der Waals surface area (Å²) < 4.78 is 101. The van der Waals surface area contributed by atoms with Crippen molar-refractivity contribution in [2.75, 3.05) is 32.8 Å². The van der Waals surface area contributed by atoms with Gasteiger partial charge in [-0.05, 0) is 36.2 Å². The lowest BCUT2D eigenvalue weighted by atomic mass is 9.90. The highest BCUT2D eigenvalue weighted by atomic mass is 19.4. The van der Waals surface area contributed by atoms with Gasteiger partial charge in [-0.15, -0.1) is 0 Å². The van der Waals surface area contributed by atoms with Gasteiger partial charge in [0.1, 0.15) is 6.61 Å². The van der Waals surface area contributed by atoms with Gasteiger partial charge in [0.05, 0.1) is 50.2 Å². The monoisotopic (exact) mass is 548 g/mol. The fourth-order valence-corrected chi connectivity index (χ4v) is 4.69. The van der Waals surface area contributed by atoms with E-state index in [1.165, 1.54) is 31.3 Å². The molecule has 0 radical (unpaired) electrons. The molecule has 2 aromatic rings. The SMILES string of the molecule is COC(=O)N(Cc1cc(C(F)(F)F)cc(C(F)(F)F)c1)C1CC2COC(=O)N2c2cc(OC)c(OC)cc21. The molecule has 0 saturated carbocycles. The fourth-order valence-electron chi connectivity index (χ4n) is 4.69. The average molecular weight is 548 g/mol. The fraction of sp³-hybridized carbons (Fsp3) is 0.417. The zero-order chi connectivity index (χ0) is 28.0. The van der Waals surface area contributed by atoms with E-state index in [0.717, 1.165) is 12.0 Å². The second kappa shape index (κ2) is 9.80. The van der Waals surface area contributed by atoms with E-state index < -0.39 is 59.9 Å². The third kappa shape index (κ3) is 4.98. The van der Waals surface area contributed by atoms with Crippen LogP contribution in [0.1, 0.15) is 34.7 Å². The Morgan fingerprint density at radius 2 is 1.55 bits per heavy atom. The second-order valence-corrected chi connectivity index (χ2v) is 8.63. The lowest BCUT2D eigenvalue weighted by Crippen LogP contribution is -2.45. The van der Waals surface area contributed by atoms with Crippen molar-refractivity contribution >= 4 is 17.9 Å². The van der Waals surface area contributed by atoms with Crippen LogP contribution in [0.15, 0.2) is 30.3 Å². The maximum absolute atomic E-state index is 13.4. The number of rotatable bonds is 5. The molecule has 4 rings (SSSR count). The topological polar surface area (TPSA) is 77.5 Å². The summed E-state index contributed by atoms with van der Waals surface area (Å²) >= 11 is 0. The molecule has 206 valence electrons. The van der Waals surface area contributed by atoms with Crippen molar-refractivity contribution in [2.45, 2.75) is 37.4 Å². The van der Waals surface area contributed by atoms with Crippen LogP contribution in [0.4, 0.5) is 41.6 Å². The Hall–Kier alpha value is -3.84. The molecule has 2 amide bonds. The minimum absolute atomic E-state index is 0.0123. The van der Waals surface area contributed by atoms with Gasteiger partial charge >= 0.3 is 24.5 Å². The Labute approximate surface area is 212 Å². The number of methoxy groups -OCH3 is 3. The van der Waals surface area contributed by atoms with Crippen molar-refractivity contribution in [3.8, 4) is 11.5 Å². The number of halogens is 6. The number of benzene rings is 2. The quantitative estimate of drug-likeness (QED) is 0.441. The van der Waals surface area contributed by atoms with E-state index in [4.69, 9.17) is 18.9 Å². The Bertz CT molecular complexity index is 1220. The Balaban J connectivity index is 1.85. The van der Waals surface area contributed by atoms with Crippen molar-refractivity contribution < 1.29 is 54.9 Å². The summed E-state index contributed by atoms with van der Waals surface area (Å²) in [5.41, 5.74) is -2.81. The Morgan fingerprint density at radius 1 is 0.974 bits per heavy atom. The van der Waals surface area contributed by atoms with E-state index >= 15 is 0 Å². The number of amides is 2. The Kier molecular flexibility index (Phi) is 7.01. The van der Waals surface area contributed by atoms with Crippen LogP contribution in [0, 0.1) is 0 Å². The van der Waals surface area contributed by atoms with Gasteiger partial charge in [-0.25, -0.2) is 9.59 Å². The second-order valence-electron chi connectivity index (χ2n) is 8.63. The summed E-state index contributed by atoms with van der Waals surface area (Å²) in [5, 5.41) is 0. The van der Waals surface area contributed by atoms with Gasteiger partial charge in [0, 0.05) is 18.2 Å². The minimum Gasteiger partial charge on any atom is -0.493 e. The van der Waals surface area contributed by atoms with Gasteiger partial charge in [-0.3, -0.25) is 9.80 Å². The van der Waals surface area contributed by atoms with Crippen LogP contribution in [0.2, 0.25) is 0 Å². The summed E-state index contributed by atoms with van der Waals surface area (Å²) in [6.07, 6.45) is -11.7. The molecule has 0 N–H and O–H groups in total. The molecule has 2 aliphatic heterocycles. The highest BCUT2D eigenvalue weighted by Crippen LogP contribution is 2.48. The van der Waals surface area contributed by atoms with Gasteiger partial charge < -0.3 is 18.9 Å². The molecule has 0 spiro atoms. The number of alkyl halides is 6. The zero-order valence-electron chi connectivity index (χ0n) is 20.3. The number of hydrogen-bond donors (Lipinski definition) is 0. The molecule has 2 heterocycles.